The number of rotatable bonds is 3. The fraction of sp³-hybridized carbons (Fsp3) is 0.0667. The average Bonchev–Trinajstić information content (AvgIpc) is 2.81. The molecule has 0 amide bonds. The standard InChI is InChI=1S/C15H13NSe/c1-2-6-12(7-3-1)10-16-14-11-17-15-9-5-4-8-13(14)15/h1-9,11,16H,10H2. The molecule has 3 aromatic rings. The number of fused-ring (bicyclic) bond motifs is 1. The van der Waals surface area contributed by atoms with E-state index < -0.39 is 0 Å². The first-order chi connectivity index (χ1) is 8.43. The summed E-state index contributed by atoms with van der Waals surface area (Å²) in [5.74, 6) is 0. The molecule has 17 heavy (non-hydrogen) atoms. The summed E-state index contributed by atoms with van der Waals surface area (Å²) in [5, 5.41) is 4.91. The molecule has 0 aliphatic carbocycles. The van der Waals surface area contributed by atoms with Crippen LogP contribution in [0.15, 0.2) is 59.5 Å². The molecule has 0 saturated carbocycles. The second-order valence-electron chi connectivity index (χ2n) is 3.98. The molecule has 0 bridgehead atoms. The van der Waals surface area contributed by atoms with Gasteiger partial charge in [-0.2, -0.15) is 0 Å². The van der Waals surface area contributed by atoms with E-state index in [1.54, 1.807) is 0 Å². The van der Waals surface area contributed by atoms with Gasteiger partial charge in [0.05, 0.1) is 0 Å². The van der Waals surface area contributed by atoms with Gasteiger partial charge in [0, 0.05) is 0 Å². The van der Waals surface area contributed by atoms with E-state index in [0.717, 1.165) is 6.54 Å². The van der Waals surface area contributed by atoms with Crippen LogP contribution in [0.2, 0.25) is 0 Å². The van der Waals surface area contributed by atoms with Crippen molar-refractivity contribution in [1.29, 1.82) is 0 Å². The van der Waals surface area contributed by atoms with E-state index in [9.17, 15) is 0 Å². The second kappa shape index (κ2) is 4.78. The van der Waals surface area contributed by atoms with Crippen LogP contribution in [0, 0.1) is 0 Å². The van der Waals surface area contributed by atoms with E-state index in [-0.39, 0.29) is 0 Å². The predicted octanol–water partition coefficient (Wildman–Crippen LogP) is 3.51. The molecule has 1 nitrogen and oxygen atoms in total. The van der Waals surface area contributed by atoms with Gasteiger partial charge >= 0.3 is 107 Å². The van der Waals surface area contributed by atoms with Crippen molar-refractivity contribution in [2.75, 3.05) is 5.32 Å². The normalized spacial score (nSPS) is 10.6. The molecule has 2 aromatic carbocycles. The molecule has 0 aliphatic heterocycles. The summed E-state index contributed by atoms with van der Waals surface area (Å²) >= 11 is 0.496. The van der Waals surface area contributed by atoms with Crippen LogP contribution in [-0.4, -0.2) is 14.5 Å². The minimum absolute atomic E-state index is 0.496. The molecule has 1 N–H and O–H groups in total. The molecule has 1 heterocycles. The predicted molar refractivity (Wildman–Crippen MR) is 74.7 cm³/mol. The van der Waals surface area contributed by atoms with Crippen molar-refractivity contribution in [3.05, 3.63) is 65.1 Å². The number of nitrogens with one attached hydrogen (secondary N) is 1. The Labute approximate surface area is 107 Å². The average molecular weight is 286 g/mol. The van der Waals surface area contributed by atoms with Gasteiger partial charge in [0.15, 0.2) is 0 Å². The molecule has 0 unspecified atom stereocenters. The molecule has 84 valence electrons. The van der Waals surface area contributed by atoms with Gasteiger partial charge in [-0.1, -0.05) is 0 Å². The Morgan fingerprint density at radius 2 is 1.65 bits per heavy atom. The van der Waals surface area contributed by atoms with Crippen LogP contribution in [0.4, 0.5) is 5.69 Å². The molecule has 2 heteroatoms. The Balaban J connectivity index is 1.82. The van der Waals surface area contributed by atoms with E-state index >= 15 is 0 Å². The van der Waals surface area contributed by atoms with Crippen molar-refractivity contribution >= 4 is 29.8 Å². The summed E-state index contributed by atoms with van der Waals surface area (Å²) in [4.78, 5) is 2.33. The zero-order chi connectivity index (χ0) is 11.5. The van der Waals surface area contributed by atoms with Crippen LogP contribution in [-0.2, 0) is 6.54 Å². The first-order valence-electron chi connectivity index (χ1n) is 5.67. The van der Waals surface area contributed by atoms with Gasteiger partial charge in [-0.25, -0.2) is 0 Å². The third-order valence-electron chi connectivity index (χ3n) is 2.81. The SMILES string of the molecule is c1ccc(CNc2c[se]c3ccccc23)cc1. The van der Waals surface area contributed by atoms with Gasteiger partial charge < -0.3 is 0 Å². The van der Waals surface area contributed by atoms with Gasteiger partial charge in [0.25, 0.3) is 0 Å². The number of hydrogen-bond donors (Lipinski definition) is 1. The van der Waals surface area contributed by atoms with Crippen LogP contribution in [0.5, 0.6) is 0 Å². The van der Waals surface area contributed by atoms with Crippen molar-refractivity contribution in [2.45, 2.75) is 6.54 Å². The topological polar surface area (TPSA) is 12.0 Å². The Hall–Kier alpha value is -1.50. The second-order valence-corrected chi connectivity index (χ2v) is 5.90. The zero-order valence-corrected chi connectivity index (χ0v) is 11.1. The van der Waals surface area contributed by atoms with Gasteiger partial charge in [-0.3, -0.25) is 0 Å². The van der Waals surface area contributed by atoms with Crippen molar-refractivity contribution in [2.24, 2.45) is 0 Å². The van der Waals surface area contributed by atoms with Gasteiger partial charge in [0.2, 0.25) is 0 Å². The van der Waals surface area contributed by atoms with Crippen LogP contribution < -0.4 is 5.32 Å². The number of anilines is 1. The summed E-state index contributed by atoms with van der Waals surface area (Å²) in [5.41, 5.74) is 2.62. The van der Waals surface area contributed by atoms with E-state index in [1.165, 1.54) is 20.9 Å². The number of hydrogen-bond acceptors (Lipinski definition) is 1. The molecule has 1 aromatic heterocycles. The summed E-state index contributed by atoms with van der Waals surface area (Å²) < 4.78 is 1.48. The van der Waals surface area contributed by atoms with E-state index in [4.69, 9.17) is 0 Å². The maximum absolute atomic E-state index is 3.53. The molecule has 0 aliphatic rings. The summed E-state index contributed by atoms with van der Waals surface area (Å²) in [6.07, 6.45) is 0. The quantitative estimate of drug-likeness (QED) is 0.727. The monoisotopic (exact) mass is 287 g/mol. The number of benzene rings is 2. The van der Waals surface area contributed by atoms with Crippen molar-refractivity contribution < 1.29 is 0 Å². The minimum atomic E-state index is 0.496. The zero-order valence-electron chi connectivity index (χ0n) is 9.39. The third-order valence-corrected chi connectivity index (χ3v) is 4.83. The fourth-order valence-electron chi connectivity index (χ4n) is 1.91. The van der Waals surface area contributed by atoms with Crippen LogP contribution in [0.3, 0.4) is 0 Å². The van der Waals surface area contributed by atoms with Gasteiger partial charge in [0.1, 0.15) is 0 Å². The summed E-state index contributed by atoms with van der Waals surface area (Å²) in [6, 6.07) is 19.2. The molecular formula is C15H13NSe. The van der Waals surface area contributed by atoms with Crippen molar-refractivity contribution in [1.82, 2.24) is 0 Å². The molecule has 0 atom stereocenters. The molecule has 3 rings (SSSR count). The van der Waals surface area contributed by atoms with Gasteiger partial charge in [-0.15, -0.1) is 0 Å². The molecule has 0 saturated heterocycles. The summed E-state index contributed by atoms with van der Waals surface area (Å²) in [6.45, 7) is 0.900. The molecule has 0 fully saturated rings. The maximum atomic E-state index is 3.53. The molecule has 0 spiro atoms. The van der Waals surface area contributed by atoms with Crippen molar-refractivity contribution in [3.63, 3.8) is 0 Å². The third kappa shape index (κ3) is 2.28. The fourth-order valence-corrected chi connectivity index (χ4v) is 3.83. The van der Waals surface area contributed by atoms with E-state index in [2.05, 4.69) is 64.9 Å². The van der Waals surface area contributed by atoms with Crippen LogP contribution >= 0.6 is 0 Å². The molecular weight excluding hydrogens is 273 g/mol. The Morgan fingerprint density at radius 1 is 0.882 bits per heavy atom. The Kier molecular flexibility index (Phi) is 2.99. The first kappa shape index (κ1) is 10.6. The molecule has 0 radical (unpaired) electrons. The van der Waals surface area contributed by atoms with Gasteiger partial charge in [-0.05, 0) is 0 Å². The van der Waals surface area contributed by atoms with Crippen molar-refractivity contribution in [3.8, 4) is 0 Å². The Bertz CT molecular complexity index is 613. The van der Waals surface area contributed by atoms with E-state index in [1.807, 2.05) is 0 Å². The van der Waals surface area contributed by atoms with Crippen LogP contribution in [0.25, 0.3) is 9.65 Å². The Morgan fingerprint density at radius 3 is 2.53 bits per heavy atom. The summed E-state index contributed by atoms with van der Waals surface area (Å²) in [7, 11) is 0. The van der Waals surface area contributed by atoms with E-state index in [0.29, 0.717) is 14.5 Å². The van der Waals surface area contributed by atoms with Crippen LogP contribution in [0.1, 0.15) is 5.56 Å². The first-order valence-corrected chi connectivity index (χ1v) is 7.52.